The number of sulfonamides is 1. The standard InChI is InChI=1S/C13H15F3N4O3S2/c1-9-4-11(24-6-9)25(21,22)20-2-3-23-5-10(20)12-17-8-19(18-12)7-13(14,15)16/h4,6,8,10H,2-3,5,7H2,1H3. The number of aryl methyl sites for hydroxylation is 1. The number of alkyl halides is 3. The van der Waals surface area contributed by atoms with Gasteiger partial charge in [-0.2, -0.15) is 22.6 Å². The first-order chi connectivity index (χ1) is 11.7. The van der Waals surface area contributed by atoms with Crippen molar-refractivity contribution < 1.29 is 26.3 Å². The van der Waals surface area contributed by atoms with Gasteiger partial charge in [-0.1, -0.05) is 0 Å². The van der Waals surface area contributed by atoms with Gasteiger partial charge in [0.05, 0.1) is 13.2 Å². The van der Waals surface area contributed by atoms with Crippen LogP contribution in [0.3, 0.4) is 0 Å². The fourth-order valence-electron chi connectivity index (χ4n) is 2.46. The van der Waals surface area contributed by atoms with E-state index in [9.17, 15) is 21.6 Å². The summed E-state index contributed by atoms with van der Waals surface area (Å²) in [5.41, 5.74) is 0.820. The highest BCUT2D eigenvalue weighted by Crippen LogP contribution is 2.31. The van der Waals surface area contributed by atoms with Crippen LogP contribution < -0.4 is 0 Å². The van der Waals surface area contributed by atoms with E-state index in [0.29, 0.717) is 4.68 Å². The summed E-state index contributed by atoms with van der Waals surface area (Å²) in [7, 11) is -3.80. The lowest BCUT2D eigenvalue weighted by molar-refractivity contribution is -0.142. The van der Waals surface area contributed by atoms with E-state index in [4.69, 9.17) is 4.74 Å². The second-order valence-electron chi connectivity index (χ2n) is 5.57. The summed E-state index contributed by atoms with van der Waals surface area (Å²) in [6, 6.07) is 0.693. The van der Waals surface area contributed by atoms with Gasteiger partial charge in [-0.25, -0.2) is 18.1 Å². The summed E-state index contributed by atoms with van der Waals surface area (Å²) in [6.07, 6.45) is -3.49. The van der Waals surface area contributed by atoms with E-state index in [1.807, 2.05) is 0 Å². The molecule has 138 valence electrons. The largest absolute Gasteiger partial charge is 0.408 e. The van der Waals surface area contributed by atoms with Crippen molar-refractivity contribution in [3.8, 4) is 0 Å². The average Bonchev–Trinajstić information content (AvgIpc) is 3.15. The molecular weight excluding hydrogens is 381 g/mol. The number of rotatable bonds is 4. The van der Waals surface area contributed by atoms with Gasteiger partial charge in [0.15, 0.2) is 5.82 Å². The van der Waals surface area contributed by atoms with Gasteiger partial charge in [0.25, 0.3) is 10.0 Å². The van der Waals surface area contributed by atoms with E-state index in [1.54, 1.807) is 18.4 Å². The van der Waals surface area contributed by atoms with E-state index in [1.165, 1.54) is 4.31 Å². The molecule has 1 atom stereocenters. The topological polar surface area (TPSA) is 77.3 Å². The third-order valence-corrected chi connectivity index (χ3v) is 6.98. The number of nitrogens with zero attached hydrogens (tertiary/aromatic N) is 4. The molecule has 3 rings (SSSR count). The molecule has 0 aromatic carbocycles. The Morgan fingerprint density at radius 1 is 1.44 bits per heavy atom. The van der Waals surface area contributed by atoms with Crippen LogP contribution in [0.2, 0.25) is 0 Å². The quantitative estimate of drug-likeness (QED) is 0.790. The second kappa shape index (κ2) is 6.67. The molecule has 0 aliphatic carbocycles. The van der Waals surface area contributed by atoms with Gasteiger partial charge in [0.2, 0.25) is 0 Å². The van der Waals surface area contributed by atoms with Crippen LogP contribution in [-0.2, 0) is 21.3 Å². The molecule has 0 amide bonds. The van der Waals surface area contributed by atoms with Crippen LogP contribution in [0.15, 0.2) is 22.0 Å². The summed E-state index contributed by atoms with van der Waals surface area (Å²) < 4.78 is 70.4. The Balaban J connectivity index is 1.89. The van der Waals surface area contributed by atoms with E-state index in [0.717, 1.165) is 23.2 Å². The minimum atomic E-state index is -4.44. The van der Waals surface area contributed by atoms with Crippen LogP contribution in [0.1, 0.15) is 17.4 Å². The molecule has 1 fully saturated rings. The molecule has 2 aromatic rings. The number of morpholine rings is 1. The van der Waals surface area contributed by atoms with E-state index < -0.39 is 28.8 Å². The van der Waals surface area contributed by atoms with Gasteiger partial charge in [0, 0.05) is 6.54 Å². The molecule has 1 aliphatic heterocycles. The summed E-state index contributed by atoms with van der Waals surface area (Å²) in [6.45, 7) is 0.762. The van der Waals surface area contributed by atoms with Gasteiger partial charge in [0.1, 0.15) is 23.1 Å². The van der Waals surface area contributed by atoms with Crippen molar-refractivity contribution in [2.24, 2.45) is 0 Å². The van der Waals surface area contributed by atoms with Gasteiger partial charge in [-0.05, 0) is 23.9 Å². The molecule has 7 nitrogen and oxygen atoms in total. The monoisotopic (exact) mass is 396 g/mol. The summed E-state index contributed by atoms with van der Waals surface area (Å²) in [5, 5.41) is 5.51. The zero-order valence-electron chi connectivity index (χ0n) is 13.1. The Bertz CT molecular complexity index is 847. The van der Waals surface area contributed by atoms with Gasteiger partial charge in [-0.15, -0.1) is 11.3 Å². The molecule has 0 N–H and O–H groups in total. The van der Waals surface area contributed by atoms with E-state index in [2.05, 4.69) is 10.1 Å². The highest BCUT2D eigenvalue weighted by Gasteiger charge is 2.38. The Morgan fingerprint density at radius 2 is 2.20 bits per heavy atom. The highest BCUT2D eigenvalue weighted by atomic mass is 32.2. The normalized spacial score (nSPS) is 20.1. The van der Waals surface area contributed by atoms with Crippen LogP contribution in [0.25, 0.3) is 0 Å². The van der Waals surface area contributed by atoms with Crippen LogP contribution in [0.5, 0.6) is 0 Å². The summed E-state index contributed by atoms with van der Waals surface area (Å²) >= 11 is 1.10. The SMILES string of the molecule is Cc1csc(S(=O)(=O)N2CCOCC2c2ncn(CC(F)(F)F)n2)c1. The van der Waals surface area contributed by atoms with Crippen molar-refractivity contribution >= 4 is 21.4 Å². The summed E-state index contributed by atoms with van der Waals surface area (Å²) in [5.74, 6) is -0.0131. The molecule has 2 aromatic heterocycles. The predicted octanol–water partition coefficient (Wildman–Crippen LogP) is 1.97. The Morgan fingerprint density at radius 3 is 2.84 bits per heavy atom. The maximum absolute atomic E-state index is 12.9. The fourth-order valence-corrected chi connectivity index (χ4v) is 5.37. The number of hydrogen-bond donors (Lipinski definition) is 0. The maximum atomic E-state index is 12.9. The molecule has 1 aliphatic rings. The van der Waals surface area contributed by atoms with Crippen LogP contribution in [0, 0.1) is 6.92 Å². The average molecular weight is 396 g/mol. The fraction of sp³-hybridized carbons (Fsp3) is 0.538. The number of halogens is 3. The molecule has 12 heteroatoms. The summed E-state index contributed by atoms with van der Waals surface area (Å²) in [4.78, 5) is 3.86. The van der Waals surface area contributed by atoms with Crippen molar-refractivity contribution in [3.63, 3.8) is 0 Å². The molecule has 0 radical (unpaired) electrons. The van der Waals surface area contributed by atoms with Gasteiger partial charge >= 0.3 is 6.18 Å². The number of hydrogen-bond acceptors (Lipinski definition) is 6. The Hall–Kier alpha value is -1.50. The maximum Gasteiger partial charge on any atom is 0.408 e. The lowest BCUT2D eigenvalue weighted by Gasteiger charge is -2.32. The van der Waals surface area contributed by atoms with Crippen LogP contribution >= 0.6 is 11.3 Å². The van der Waals surface area contributed by atoms with Crippen molar-refractivity contribution in [1.82, 2.24) is 19.1 Å². The first kappa shape index (κ1) is 18.3. The first-order valence-corrected chi connectivity index (χ1v) is 9.59. The Labute approximate surface area is 146 Å². The number of thiophene rings is 1. The highest BCUT2D eigenvalue weighted by molar-refractivity contribution is 7.91. The van der Waals surface area contributed by atoms with Crippen molar-refractivity contribution in [3.05, 3.63) is 29.2 Å². The smallest absolute Gasteiger partial charge is 0.378 e. The van der Waals surface area contributed by atoms with Crippen LogP contribution in [0.4, 0.5) is 13.2 Å². The first-order valence-electron chi connectivity index (χ1n) is 7.27. The zero-order valence-corrected chi connectivity index (χ0v) is 14.7. The van der Waals surface area contributed by atoms with Crippen LogP contribution in [-0.4, -0.2) is 53.4 Å². The van der Waals surface area contributed by atoms with E-state index in [-0.39, 0.29) is 29.8 Å². The van der Waals surface area contributed by atoms with Crippen molar-refractivity contribution in [1.29, 1.82) is 0 Å². The lowest BCUT2D eigenvalue weighted by Crippen LogP contribution is -2.43. The minimum absolute atomic E-state index is 0.0131. The predicted molar refractivity (Wildman–Crippen MR) is 82.6 cm³/mol. The molecule has 0 spiro atoms. The lowest BCUT2D eigenvalue weighted by atomic mass is 10.2. The second-order valence-corrected chi connectivity index (χ2v) is 8.59. The Kier molecular flexibility index (Phi) is 4.88. The molecular formula is C13H15F3N4O3S2. The number of ether oxygens (including phenoxy) is 1. The minimum Gasteiger partial charge on any atom is -0.378 e. The third kappa shape index (κ3) is 4.02. The molecule has 0 saturated carbocycles. The van der Waals surface area contributed by atoms with E-state index >= 15 is 0 Å². The van der Waals surface area contributed by atoms with Gasteiger partial charge < -0.3 is 4.74 Å². The molecule has 25 heavy (non-hydrogen) atoms. The van der Waals surface area contributed by atoms with Gasteiger partial charge in [-0.3, -0.25) is 0 Å². The molecule has 1 saturated heterocycles. The zero-order chi connectivity index (χ0) is 18.2. The van der Waals surface area contributed by atoms with Crippen molar-refractivity contribution in [2.75, 3.05) is 19.8 Å². The number of aromatic nitrogens is 3. The molecule has 3 heterocycles. The molecule has 1 unspecified atom stereocenters. The van der Waals surface area contributed by atoms with Crippen molar-refractivity contribution in [2.45, 2.75) is 29.9 Å². The molecule has 0 bridgehead atoms. The third-order valence-electron chi connectivity index (χ3n) is 3.54.